The maximum Gasteiger partial charge on any atom is 0.337 e. The van der Waals surface area contributed by atoms with Gasteiger partial charge in [0.2, 0.25) is 5.91 Å². The average molecular weight is 638 g/mol. The second-order valence-corrected chi connectivity index (χ2v) is 11.2. The van der Waals surface area contributed by atoms with Crippen LogP contribution in [0.4, 0.5) is 8.87 Å². The predicted octanol–water partition coefficient (Wildman–Crippen LogP) is 6.17. The highest BCUT2D eigenvalue weighted by Gasteiger charge is 2.42. The summed E-state index contributed by atoms with van der Waals surface area (Å²) in [6, 6.07) is 16.3. The van der Waals surface area contributed by atoms with Gasteiger partial charge >= 0.3 is 5.97 Å². The fraction of sp³-hybridized carbons (Fsp3) is 0.273. The van der Waals surface area contributed by atoms with E-state index in [4.69, 9.17) is 21.1 Å². The van der Waals surface area contributed by atoms with Crippen LogP contribution in [0.1, 0.15) is 57.7 Å². The van der Waals surface area contributed by atoms with E-state index >= 15 is 4.48 Å². The number of carbonyl (C=O) groups is 4. The third kappa shape index (κ3) is 7.15. The fourth-order valence-electron chi connectivity index (χ4n) is 5.42. The van der Waals surface area contributed by atoms with Gasteiger partial charge in [-0.25, -0.2) is 9.18 Å². The number of nitrogens with one attached hydrogen (secondary N) is 1. The number of rotatable bonds is 10. The van der Waals surface area contributed by atoms with E-state index in [0.717, 1.165) is 4.90 Å². The Morgan fingerprint density at radius 3 is 2.53 bits per heavy atom. The van der Waals surface area contributed by atoms with Crippen LogP contribution in [0.2, 0.25) is 5.02 Å². The lowest BCUT2D eigenvalue weighted by molar-refractivity contribution is -0.157. The molecule has 3 aromatic carbocycles. The molecule has 5 rings (SSSR count). The number of esters is 1. The molecule has 45 heavy (non-hydrogen) atoms. The van der Waals surface area contributed by atoms with Gasteiger partial charge in [0, 0.05) is 40.2 Å². The van der Waals surface area contributed by atoms with Crippen LogP contribution in [-0.2, 0) is 20.9 Å². The molecular formula is C33H30ClF2N3O6. The first-order valence-electron chi connectivity index (χ1n) is 14.2. The van der Waals surface area contributed by atoms with Crippen LogP contribution in [0.3, 0.4) is 0 Å². The number of halogens is 3. The highest BCUT2D eigenvalue weighted by atomic mass is 35.5. The second-order valence-electron chi connectivity index (χ2n) is 10.8. The van der Waals surface area contributed by atoms with E-state index in [2.05, 4.69) is 4.98 Å². The minimum atomic E-state index is -1.52. The van der Waals surface area contributed by atoms with Crippen LogP contribution >= 0.6 is 11.6 Å². The van der Waals surface area contributed by atoms with Crippen molar-refractivity contribution in [2.45, 2.75) is 44.6 Å². The van der Waals surface area contributed by atoms with E-state index < -0.39 is 42.6 Å². The van der Waals surface area contributed by atoms with E-state index in [1.54, 1.807) is 54.7 Å². The lowest BCUT2D eigenvalue weighted by Gasteiger charge is -2.28. The van der Waals surface area contributed by atoms with Crippen LogP contribution < -0.4 is 4.74 Å². The van der Waals surface area contributed by atoms with Gasteiger partial charge in [0.1, 0.15) is 24.1 Å². The summed E-state index contributed by atoms with van der Waals surface area (Å²) in [6.45, 7) is 0.667. The van der Waals surface area contributed by atoms with Gasteiger partial charge in [0.15, 0.2) is 5.78 Å². The Kier molecular flexibility index (Phi) is 9.48. The van der Waals surface area contributed by atoms with E-state index in [9.17, 15) is 23.6 Å². The first-order chi connectivity index (χ1) is 21.5. The number of aromatic amines is 1. The first-order valence-corrected chi connectivity index (χ1v) is 14.5. The number of hydrogen-bond donors (Lipinski definition) is 1. The predicted molar refractivity (Wildman–Crippen MR) is 162 cm³/mol. The molecule has 1 saturated heterocycles. The van der Waals surface area contributed by atoms with Gasteiger partial charge in [0.25, 0.3) is 5.91 Å². The van der Waals surface area contributed by atoms with Crippen molar-refractivity contribution in [3.63, 3.8) is 0 Å². The molecule has 4 aromatic rings. The molecule has 0 aliphatic carbocycles. The molecule has 2 amide bonds. The van der Waals surface area contributed by atoms with E-state index in [-0.39, 0.29) is 35.9 Å². The normalized spacial score (nSPS) is 16.8. The minimum Gasteiger partial charge on any atom is -0.485 e. The fourth-order valence-corrected chi connectivity index (χ4v) is 5.63. The zero-order valence-electron chi connectivity index (χ0n) is 24.5. The molecule has 1 aliphatic rings. The summed E-state index contributed by atoms with van der Waals surface area (Å²) in [6.07, 6.45) is -1.53. The number of hydrogen-bond acceptors (Lipinski definition) is 6. The number of likely N-dealkylation sites (tertiary alicyclic amines) is 1. The van der Waals surface area contributed by atoms with Crippen molar-refractivity contribution in [1.29, 1.82) is 0 Å². The Bertz CT molecular complexity index is 1740. The van der Waals surface area contributed by atoms with Crippen molar-refractivity contribution in [3.8, 4) is 5.75 Å². The molecule has 0 bridgehead atoms. The molecule has 1 N–H and O–H groups in total. The summed E-state index contributed by atoms with van der Waals surface area (Å²) in [4.78, 5) is 54.8. The van der Waals surface area contributed by atoms with Crippen LogP contribution in [-0.4, -0.2) is 64.4 Å². The number of Topliss-reactive ketones (excluding diaryl/α,β-unsaturated/α-hetero) is 1. The SMILES string of the molecule is COC(=O)c1ccc(C(CC(=O)N2C[C@H](F)C[C@H]2C(=O)N(F)Cc2cccc(Cl)c2)Oc2ccc3c(C(C)=O)c[nH]c3c2)cc1. The lowest BCUT2D eigenvalue weighted by Crippen LogP contribution is -2.45. The first kappa shape index (κ1) is 31.6. The van der Waals surface area contributed by atoms with Crippen LogP contribution in [0.5, 0.6) is 5.75 Å². The summed E-state index contributed by atoms with van der Waals surface area (Å²) in [5.41, 5.74) is 2.38. The summed E-state index contributed by atoms with van der Waals surface area (Å²) in [7, 11) is 1.26. The van der Waals surface area contributed by atoms with E-state index in [1.165, 1.54) is 32.2 Å². The molecule has 1 aliphatic heterocycles. The largest absolute Gasteiger partial charge is 0.485 e. The molecular weight excluding hydrogens is 608 g/mol. The number of benzene rings is 3. The summed E-state index contributed by atoms with van der Waals surface area (Å²) in [5.74, 6) is -1.95. The van der Waals surface area contributed by atoms with Gasteiger partial charge in [-0.05, 0) is 54.4 Å². The highest BCUT2D eigenvalue weighted by molar-refractivity contribution is 6.30. The van der Waals surface area contributed by atoms with Crippen molar-refractivity contribution in [1.82, 2.24) is 15.0 Å². The molecule has 1 unspecified atom stereocenters. The summed E-state index contributed by atoms with van der Waals surface area (Å²) < 4.78 is 40.7. The number of methoxy groups -OCH3 is 1. The zero-order chi connectivity index (χ0) is 32.2. The highest BCUT2D eigenvalue weighted by Crippen LogP contribution is 2.32. The Morgan fingerprint density at radius 1 is 1.09 bits per heavy atom. The standard InChI is InChI=1S/C33H30ClF2N3O6/c1-19(40)27-16-37-28-14-25(10-11-26(27)28)45-30(21-6-8-22(9-7-21)33(43)44-2)15-31(41)38-18-24(35)13-29(38)32(42)39(36)17-20-4-3-5-23(34)12-20/h3-12,14,16,24,29-30,37H,13,15,17-18H2,1-2H3/t24-,29+,30?/m1/s1. The molecule has 234 valence electrons. The van der Waals surface area contributed by atoms with Crippen molar-refractivity contribution >= 4 is 46.1 Å². The van der Waals surface area contributed by atoms with Crippen molar-refractivity contribution in [2.75, 3.05) is 13.7 Å². The van der Waals surface area contributed by atoms with Gasteiger partial charge in [-0.2, -0.15) is 5.12 Å². The van der Waals surface area contributed by atoms with Crippen LogP contribution in [0, 0.1) is 0 Å². The monoisotopic (exact) mass is 637 g/mol. The van der Waals surface area contributed by atoms with Crippen molar-refractivity contribution in [2.24, 2.45) is 0 Å². The maximum atomic E-state index is 15.0. The molecule has 1 aromatic heterocycles. The van der Waals surface area contributed by atoms with E-state index in [1.807, 2.05) is 0 Å². The lowest BCUT2D eigenvalue weighted by atomic mass is 10.0. The Labute approximate surface area is 262 Å². The smallest absolute Gasteiger partial charge is 0.337 e. The Balaban J connectivity index is 1.38. The number of carbonyl (C=O) groups excluding carboxylic acids is 4. The molecule has 9 nitrogen and oxygen atoms in total. The molecule has 3 atom stereocenters. The van der Waals surface area contributed by atoms with Gasteiger partial charge in [-0.15, -0.1) is 0 Å². The molecule has 1 fully saturated rings. The van der Waals surface area contributed by atoms with Gasteiger partial charge < -0.3 is 19.4 Å². The number of fused-ring (bicyclic) bond motifs is 1. The average Bonchev–Trinajstić information content (AvgIpc) is 3.63. The number of H-pyrrole nitrogens is 1. The topological polar surface area (TPSA) is 109 Å². The molecule has 0 spiro atoms. The van der Waals surface area contributed by atoms with E-state index in [0.29, 0.717) is 38.4 Å². The number of amides is 2. The third-order valence-corrected chi connectivity index (χ3v) is 7.91. The summed E-state index contributed by atoms with van der Waals surface area (Å²) in [5, 5.41) is 1.04. The quantitative estimate of drug-likeness (QED) is 0.127. The van der Waals surface area contributed by atoms with Crippen molar-refractivity contribution in [3.05, 3.63) is 100 Å². The second kappa shape index (κ2) is 13.5. The zero-order valence-corrected chi connectivity index (χ0v) is 25.2. The summed E-state index contributed by atoms with van der Waals surface area (Å²) >= 11 is 5.97. The minimum absolute atomic E-state index is 0.0327. The number of alkyl halides is 1. The number of ether oxygens (including phenoxy) is 2. The van der Waals surface area contributed by atoms with Gasteiger partial charge in [-0.3, -0.25) is 14.4 Å². The molecule has 0 saturated carbocycles. The Morgan fingerprint density at radius 2 is 1.84 bits per heavy atom. The molecule has 2 heterocycles. The number of ketones is 1. The number of aromatic nitrogens is 1. The third-order valence-electron chi connectivity index (χ3n) is 7.68. The van der Waals surface area contributed by atoms with Gasteiger partial charge in [-0.1, -0.05) is 40.3 Å². The van der Waals surface area contributed by atoms with Crippen LogP contribution in [0.15, 0.2) is 72.9 Å². The maximum absolute atomic E-state index is 15.0. The van der Waals surface area contributed by atoms with Crippen LogP contribution in [0.25, 0.3) is 10.9 Å². The van der Waals surface area contributed by atoms with Crippen molar-refractivity contribution < 1.29 is 37.5 Å². The molecule has 12 heteroatoms. The molecule has 0 radical (unpaired) electrons. The van der Waals surface area contributed by atoms with Gasteiger partial charge in [0.05, 0.1) is 32.2 Å². The Hall–Kier alpha value is -4.77. The number of nitrogens with zero attached hydrogens (tertiary/aromatic N) is 2.